The summed E-state index contributed by atoms with van der Waals surface area (Å²) in [5, 5.41) is 0. The summed E-state index contributed by atoms with van der Waals surface area (Å²) in [6.45, 7) is 5.22. The Bertz CT molecular complexity index is 560. The summed E-state index contributed by atoms with van der Waals surface area (Å²) < 4.78 is 40.4. The van der Waals surface area contributed by atoms with Crippen LogP contribution in [0.3, 0.4) is 0 Å². The molecule has 0 spiro atoms. The standard InChI is InChI=1S/C14H14F3N/c1-9-4-7-12(8-13(9)14(15,16)17)18-10(2)5-6-11(18)3/h4-8H,1-3H3. The smallest absolute Gasteiger partial charge is 0.319 e. The lowest BCUT2D eigenvalue weighted by molar-refractivity contribution is -0.138. The Morgan fingerprint density at radius 2 is 1.44 bits per heavy atom. The van der Waals surface area contributed by atoms with Gasteiger partial charge in [-0.15, -0.1) is 0 Å². The van der Waals surface area contributed by atoms with E-state index in [1.54, 1.807) is 6.07 Å². The lowest BCUT2D eigenvalue weighted by Crippen LogP contribution is -2.09. The second kappa shape index (κ2) is 4.19. The van der Waals surface area contributed by atoms with Crippen molar-refractivity contribution in [3.05, 3.63) is 52.8 Å². The van der Waals surface area contributed by atoms with Gasteiger partial charge in [-0.05, 0) is 50.6 Å². The van der Waals surface area contributed by atoms with Gasteiger partial charge in [-0.25, -0.2) is 0 Å². The quantitative estimate of drug-likeness (QED) is 0.709. The summed E-state index contributed by atoms with van der Waals surface area (Å²) in [6.07, 6.45) is -4.31. The molecule has 0 saturated heterocycles. The van der Waals surface area contributed by atoms with Crippen LogP contribution >= 0.6 is 0 Å². The molecule has 0 atom stereocenters. The van der Waals surface area contributed by atoms with E-state index in [4.69, 9.17) is 0 Å². The van der Waals surface area contributed by atoms with E-state index >= 15 is 0 Å². The van der Waals surface area contributed by atoms with Crippen LogP contribution in [0.4, 0.5) is 13.2 Å². The fourth-order valence-electron chi connectivity index (χ4n) is 2.13. The third-order valence-corrected chi connectivity index (χ3v) is 3.06. The van der Waals surface area contributed by atoms with E-state index in [0.717, 1.165) is 11.4 Å². The molecular weight excluding hydrogens is 239 g/mol. The Morgan fingerprint density at radius 3 is 1.94 bits per heavy atom. The zero-order valence-corrected chi connectivity index (χ0v) is 10.5. The average molecular weight is 253 g/mol. The summed E-state index contributed by atoms with van der Waals surface area (Å²) >= 11 is 0. The Balaban J connectivity index is 2.62. The molecular formula is C14H14F3N. The minimum atomic E-state index is -4.31. The second-order valence-corrected chi connectivity index (χ2v) is 4.45. The molecule has 0 fully saturated rings. The highest BCUT2D eigenvalue weighted by atomic mass is 19.4. The van der Waals surface area contributed by atoms with Gasteiger partial charge in [0.2, 0.25) is 0 Å². The normalized spacial score (nSPS) is 11.9. The number of nitrogens with zero attached hydrogens (tertiary/aromatic N) is 1. The van der Waals surface area contributed by atoms with Gasteiger partial charge in [-0.3, -0.25) is 0 Å². The van der Waals surface area contributed by atoms with E-state index in [-0.39, 0.29) is 5.56 Å². The van der Waals surface area contributed by atoms with Gasteiger partial charge in [-0.1, -0.05) is 6.07 Å². The molecule has 0 radical (unpaired) electrons. The van der Waals surface area contributed by atoms with Crippen LogP contribution in [0.15, 0.2) is 30.3 Å². The third-order valence-electron chi connectivity index (χ3n) is 3.06. The van der Waals surface area contributed by atoms with Crippen molar-refractivity contribution < 1.29 is 13.2 Å². The monoisotopic (exact) mass is 253 g/mol. The molecule has 0 aliphatic rings. The largest absolute Gasteiger partial charge is 0.416 e. The minimum Gasteiger partial charge on any atom is -0.319 e. The van der Waals surface area contributed by atoms with Crippen LogP contribution in [-0.2, 0) is 6.18 Å². The molecule has 1 heterocycles. The molecule has 0 bridgehead atoms. The molecule has 1 nitrogen and oxygen atoms in total. The number of hydrogen-bond donors (Lipinski definition) is 0. The predicted molar refractivity (Wildman–Crippen MR) is 65.0 cm³/mol. The maximum atomic E-state index is 12.9. The number of aromatic nitrogens is 1. The van der Waals surface area contributed by atoms with Gasteiger partial charge in [0.05, 0.1) is 5.56 Å². The molecule has 96 valence electrons. The van der Waals surface area contributed by atoms with Gasteiger partial charge in [0, 0.05) is 17.1 Å². The Hall–Kier alpha value is -1.71. The number of aryl methyl sites for hydroxylation is 3. The van der Waals surface area contributed by atoms with E-state index in [0.29, 0.717) is 5.69 Å². The number of benzene rings is 1. The molecule has 1 aromatic heterocycles. The molecule has 18 heavy (non-hydrogen) atoms. The van der Waals surface area contributed by atoms with Crippen LogP contribution < -0.4 is 0 Å². The van der Waals surface area contributed by atoms with Crippen molar-refractivity contribution >= 4 is 0 Å². The van der Waals surface area contributed by atoms with Crippen LogP contribution in [0.1, 0.15) is 22.5 Å². The average Bonchev–Trinajstić information content (AvgIpc) is 2.58. The molecule has 0 saturated carbocycles. The number of hydrogen-bond acceptors (Lipinski definition) is 0. The highest BCUT2D eigenvalue weighted by molar-refractivity contribution is 5.44. The van der Waals surface area contributed by atoms with Crippen molar-refractivity contribution in [3.63, 3.8) is 0 Å². The van der Waals surface area contributed by atoms with E-state index < -0.39 is 11.7 Å². The summed E-state index contributed by atoms with van der Waals surface area (Å²) in [7, 11) is 0. The lowest BCUT2D eigenvalue weighted by atomic mass is 10.1. The van der Waals surface area contributed by atoms with Crippen molar-refractivity contribution in [1.82, 2.24) is 4.57 Å². The summed E-state index contributed by atoms with van der Waals surface area (Å²) in [5.41, 5.74) is 2.06. The maximum absolute atomic E-state index is 12.9. The Labute approximate surface area is 104 Å². The van der Waals surface area contributed by atoms with Crippen molar-refractivity contribution in [1.29, 1.82) is 0 Å². The van der Waals surface area contributed by atoms with Crippen LogP contribution in [-0.4, -0.2) is 4.57 Å². The fraction of sp³-hybridized carbons (Fsp3) is 0.286. The van der Waals surface area contributed by atoms with E-state index in [1.807, 2.05) is 30.5 Å². The zero-order valence-electron chi connectivity index (χ0n) is 10.5. The van der Waals surface area contributed by atoms with E-state index in [9.17, 15) is 13.2 Å². The van der Waals surface area contributed by atoms with Crippen molar-refractivity contribution in [3.8, 4) is 5.69 Å². The topological polar surface area (TPSA) is 4.93 Å². The van der Waals surface area contributed by atoms with Gasteiger partial charge in [0.1, 0.15) is 0 Å². The third kappa shape index (κ3) is 2.15. The van der Waals surface area contributed by atoms with Crippen LogP contribution in [0.5, 0.6) is 0 Å². The number of halogens is 3. The predicted octanol–water partition coefficient (Wildman–Crippen LogP) is 4.42. The molecule has 2 rings (SSSR count). The molecule has 0 N–H and O–H groups in total. The molecule has 0 aliphatic carbocycles. The van der Waals surface area contributed by atoms with Crippen LogP contribution in [0.2, 0.25) is 0 Å². The minimum absolute atomic E-state index is 0.244. The summed E-state index contributed by atoms with van der Waals surface area (Å²) in [4.78, 5) is 0. The first-order valence-corrected chi connectivity index (χ1v) is 5.64. The van der Waals surface area contributed by atoms with Gasteiger partial charge >= 0.3 is 6.18 Å². The lowest BCUT2D eigenvalue weighted by Gasteiger charge is -2.15. The molecule has 4 heteroatoms. The van der Waals surface area contributed by atoms with E-state index in [1.165, 1.54) is 19.1 Å². The summed E-state index contributed by atoms with van der Waals surface area (Å²) in [5.74, 6) is 0. The van der Waals surface area contributed by atoms with Gasteiger partial charge in [0.15, 0.2) is 0 Å². The van der Waals surface area contributed by atoms with Crippen molar-refractivity contribution in [2.45, 2.75) is 26.9 Å². The first-order chi connectivity index (χ1) is 8.30. The van der Waals surface area contributed by atoms with Crippen LogP contribution in [0.25, 0.3) is 5.69 Å². The number of rotatable bonds is 1. The van der Waals surface area contributed by atoms with Gasteiger partial charge < -0.3 is 4.57 Å². The molecule has 0 unspecified atom stereocenters. The van der Waals surface area contributed by atoms with Crippen molar-refractivity contribution in [2.24, 2.45) is 0 Å². The van der Waals surface area contributed by atoms with Gasteiger partial charge in [-0.2, -0.15) is 13.2 Å². The molecule has 0 aliphatic heterocycles. The number of alkyl halides is 3. The Kier molecular flexibility index (Phi) is 2.97. The molecule has 2 aromatic rings. The first-order valence-electron chi connectivity index (χ1n) is 5.64. The summed E-state index contributed by atoms with van der Waals surface area (Å²) in [6, 6.07) is 8.21. The first kappa shape index (κ1) is 12.7. The molecule has 1 aromatic carbocycles. The fourth-order valence-corrected chi connectivity index (χ4v) is 2.13. The Morgan fingerprint density at radius 1 is 0.889 bits per heavy atom. The van der Waals surface area contributed by atoms with Crippen molar-refractivity contribution in [2.75, 3.05) is 0 Å². The van der Waals surface area contributed by atoms with Gasteiger partial charge in [0.25, 0.3) is 0 Å². The maximum Gasteiger partial charge on any atom is 0.416 e. The second-order valence-electron chi connectivity index (χ2n) is 4.45. The van der Waals surface area contributed by atoms with E-state index in [2.05, 4.69) is 0 Å². The highest BCUT2D eigenvalue weighted by Gasteiger charge is 2.32. The SMILES string of the molecule is Cc1ccc(-n2c(C)ccc2C)cc1C(F)(F)F. The molecule has 0 amide bonds. The zero-order chi connectivity index (χ0) is 13.5. The highest BCUT2D eigenvalue weighted by Crippen LogP contribution is 2.33. The van der Waals surface area contributed by atoms with Crippen LogP contribution in [0, 0.1) is 20.8 Å².